The minimum Gasteiger partial charge on any atom is -0.385 e. The third-order valence-electron chi connectivity index (χ3n) is 2.77. The van der Waals surface area contributed by atoms with Crippen molar-refractivity contribution in [3.8, 4) is 0 Å². The molecule has 1 heterocycles. The van der Waals surface area contributed by atoms with Crippen LogP contribution in [0.4, 0.5) is 0 Å². The van der Waals surface area contributed by atoms with Crippen molar-refractivity contribution in [1.82, 2.24) is 5.32 Å². The largest absolute Gasteiger partial charge is 0.385 e. The predicted octanol–water partition coefficient (Wildman–Crippen LogP) is 3.72. The Morgan fingerprint density at radius 3 is 3.00 bits per heavy atom. The average molecular weight is 310 g/mol. The van der Waals surface area contributed by atoms with Crippen LogP contribution in [0.5, 0.6) is 0 Å². The van der Waals surface area contributed by atoms with Crippen molar-refractivity contribution in [2.75, 3.05) is 20.3 Å². The molecule has 1 amide bonds. The molecule has 106 valence electrons. The number of fused-ring (bicyclic) bond motifs is 1. The van der Waals surface area contributed by atoms with Crippen LogP contribution in [0.2, 0.25) is 5.02 Å². The normalized spacial score (nSPS) is 11.3. The molecular weight excluding hydrogens is 294 g/mol. The van der Waals surface area contributed by atoms with E-state index in [-0.39, 0.29) is 5.91 Å². The summed E-state index contributed by atoms with van der Waals surface area (Å²) in [5.74, 6) is -0.116. The van der Waals surface area contributed by atoms with Crippen molar-refractivity contribution in [1.29, 1.82) is 0 Å². The molecule has 0 spiro atoms. The highest BCUT2D eigenvalue weighted by atomic mass is 35.5. The summed E-state index contributed by atoms with van der Waals surface area (Å²) in [6.07, 6.45) is 4.09. The zero-order chi connectivity index (χ0) is 14.4. The Hall–Kier alpha value is -1.36. The fourth-order valence-corrected chi connectivity index (χ4v) is 3.18. The van der Waals surface area contributed by atoms with Gasteiger partial charge in [-0.15, -0.1) is 11.3 Å². The second-order valence-electron chi connectivity index (χ2n) is 4.25. The predicted molar refractivity (Wildman–Crippen MR) is 85.4 cm³/mol. The molecule has 1 aromatic carbocycles. The highest BCUT2D eigenvalue weighted by Crippen LogP contribution is 2.35. The minimum atomic E-state index is -0.116. The van der Waals surface area contributed by atoms with Crippen LogP contribution in [-0.4, -0.2) is 26.2 Å². The molecule has 0 bridgehead atoms. The number of hydrogen-bond donors (Lipinski definition) is 1. The lowest BCUT2D eigenvalue weighted by molar-refractivity contribution is -0.116. The standard InChI is InChI=1S/C15H16ClNO2S/c1-19-10-4-9-17-14(18)8-7-13-15(16)11-5-2-3-6-12(11)20-13/h2-3,5-8H,4,9-10H2,1H3,(H,17,18)/b8-7+. The Kier molecular flexibility index (Phi) is 5.59. The zero-order valence-corrected chi connectivity index (χ0v) is 12.8. The van der Waals surface area contributed by atoms with E-state index in [1.54, 1.807) is 24.5 Å². The van der Waals surface area contributed by atoms with Crippen molar-refractivity contribution in [3.05, 3.63) is 40.2 Å². The molecule has 0 radical (unpaired) electrons. The molecule has 0 saturated carbocycles. The van der Waals surface area contributed by atoms with Crippen LogP contribution in [-0.2, 0) is 9.53 Å². The first-order valence-corrected chi connectivity index (χ1v) is 7.53. The van der Waals surface area contributed by atoms with Crippen molar-refractivity contribution in [3.63, 3.8) is 0 Å². The molecule has 0 aliphatic heterocycles. The van der Waals surface area contributed by atoms with E-state index in [0.717, 1.165) is 21.4 Å². The van der Waals surface area contributed by atoms with Crippen LogP contribution in [0.1, 0.15) is 11.3 Å². The highest BCUT2D eigenvalue weighted by molar-refractivity contribution is 7.20. The molecule has 0 unspecified atom stereocenters. The summed E-state index contributed by atoms with van der Waals surface area (Å²) in [5.41, 5.74) is 0. The molecule has 0 saturated heterocycles. The van der Waals surface area contributed by atoms with E-state index in [4.69, 9.17) is 16.3 Å². The molecular formula is C15H16ClNO2S. The van der Waals surface area contributed by atoms with E-state index in [0.29, 0.717) is 18.2 Å². The molecule has 20 heavy (non-hydrogen) atoms. The number of carbonyl (C=O) groups is 1. The van der Waals surface area contributed by atoms with Crippen LogP contribution in [0, 0.1) is 0 Å². The lowest BCUT2D eigenvalue weighted by Gasteiger charge is -2.00. The van der Waals surface area contributed by atoms with Gasteiger partial charge in [-0.05, 0) is 18.6 Å². The van der Waals surface area contributed by atoms with Crippen LogP contribution in [0.15, 0.2) is 30.3 Å². The van der Waals surface area contributed by atoms with Gasteiger partial charge in [-0.3, -0.25) is 4.79 Å². The lowest BCUT2D eigenvalue weighted by Crippen LogP contribution is -2.22. The first-order valence-electron chi connectivity index (χ1n) is 6.34. The maximum absolute atomic E-state index is 11.6. The number of amides is 1. The summed E-state index contributed by atoms with van der Waals surface area (Å²) < 4.78 is 6.04. The second kappa shape index (κ2) is 7.43. The van der Waals surface area contributed by atoms with E-state index in [2.05, 4.69) is 5.32 Å². The number of nitrogens with one attached hydrogen (secondary N) is 1. The fourth-order valence-electron chi connectivity index (χ4n) is 1.78. The summed E-state index contributed by atoms with van der Waals surface area (Å²) in [5, 5.41) is 4.53. The Bertz CT molecular complexity index is 621. The van der Waals surface area contributed by atoms with Crippen LogP contribution in [0.25, 0.3) is 16.2 Å². The molecule has 2 aromatic rings. The third kappa shape index (κ3) is 3.82. The maximum Gasteiger partial charge on any atom is 0.244 e. The van der Waals surface area contributed by atoms with Gasteiger partial charge in [0.2, 0.25) is 5.91 Å². The summed E-state index contributed by atoms with van der Waals surface area (Å²) in [6.45, 7) is 1.25. The first kappa shape index (κ1) is 15.0. The third-order valence-corrected chi connectivity index (χ3v) is 4.43. The first-order chi connectivity index (χ1) is 9.72. The molecule has 1 N–H and O–H groups in total. The van der Waals surface area contributed by atoms with Gasteiger partial charge in [0, 0.05) is 41.3 Å². The van der Waals surface area contributed by atoms with Crippen molar-refractivity contribution in [2.24, 2.45) is 0 Å². The van der Waals surface area contributed by atoms with Gasteiger partial charge in [0.25, 0.3) is 0 Å². The van der Waals surface area contributed by atoms with E-state index in [9.17, 15) is 4.79 Å². The number of carbonyl (C=O) groups excluding carboxylic acids is 1. The van der Waals surface area contributed by atoms with Crippen LogP contribution in [0.3, 0.4) is 0 Å². The Morgan fingerprint density at radius 2 is 2.25 bits per heavy atom. The van der Waals surface area contributed by atoms with E-state index in [1.807, 2.05) is 24.3 Å². The van der Waals surface area contributed by atoms with Gasteiger partial charge in [0.05, 0.1) is 5.02 Å². The van der Waals surface area contributed by atoms with Gasteiger partial charge < -0.3 is 10.1 Å². The Balaban J connectivity index is 1.99. The van der Waals surface area contributed by atoms with E-state index >= 15 is 0 Å². The summed E-state index contributed by atoms with van der Waals surface area (Å²) >= 11 is 7.88. The number of benzene rings is 1. The Morgan fingerprint density at radius 1 is 1.45 bits per heavy atom. The number of rotatable bonds is 6. The van der Waals surface area contributed by atoms with Crippen molar-refractivity contribution >= 4 is 45.0 Å². The summed E-state index contributed by atoms with van der Waals surface area (Å²) in [4.78, 5) is 12.5. The molecule has 3 nitrogen and oxygen atoms in total. The fraction of sp³-hybridized carbons (Fsp3) is 0.267. The molecule has 0 fully saturated rings. The number of halogens is 1. The van der Waals surface area contributed by atoms with Gasteiger partial charge in [-0.1, -0.05) is 29.8 Å². The molecule has 0 aliphatic rings. The quantitative estimate of drug-likeness (QED) is 0.652. The van der Waals surface area contributed by atoms with Crippen LogP contribution >= 0.6 is 22.9 Å². The summed E-state index contributed by atoms with van der Waals surface area (Å²) in [7, 11) is 1.64. The highest BCUT2D eigenvalue weighted by Gasteiger charge is 2.07. The molecule has 0 aliphatic carbocycles. The number of hydrogen-bond acceptors (Lipinski definition) is 3. The topological polar surface area (TPSA) is 38.3 Å². The second-order valence-corrected chi connectivity index (χ2v) is 5.71. The van der Waals surface area contributed by atoms with Crippen molar-refractivity contribution in [2.45, 2.75) is 6.42 Å². The maximum atomic E-state index is 11.6. The minimum absolute atomic E-state index is 0.116. The van der Waals surface area contributed by atoms with Crippen LogP contribution < -0.4 is 5.32 Å². The Labute approximate surface area is 127 Å². The molecule has 0 atom stereocenters. The van der Waals surface area contributed by atoms with E-state index in [1.165, 1.54) is 6.08 Å². The van der Waals surface area contributed by atoms with Gasteiger partial charge in [-0.25, -0.2) is 0 Å². The molecule has 5 heteroatoms. The molecule has 1 aromatic heterocycles. The van der Waals surface area contributed by atoms with Gasteiger partial charge in [0.15, 0.2) is 0 Å². The van der Waals surface area contributed by atoms with Gasteiger partial charge in [0.1, 0.15) is 0 Å². The average Bonchev–Trinajstić information content (AvgIpc) is 2.78. The van der Waals surface area contributed by atoms with Gasteiger partial charge in [-0.2, -0.15) is 0 Å². The SMILES string of the molecule is COCCCNC(=O)/C=C/c1sc2ccccc2c1Cl. The number of ether oxygens (including phenoxy) is 1. The molecule has 2 rings (SSSR count). The number of thiophene rings is 1. The van der Waals surface area contributed by atoms with E-state index < -0.39 is 0 Å². The smallest absolute Gasteiger partial charge is 0.244 e. The zero-order valence-electron chi connectivity index (χ0n) is 11.2. The van der Waals surface area contributed by atoms with Crippen molar-refractivity contribution < 1.29 is 9.53 Å². The number of methoxy groups -OCH3 is 1. The summed E-state index contributed by atoms with van der Waals surface area (Å²) in [6, 6.07) is 7.94. The monoisotopic (exact) mass is 309 g/mol. The van der Waals surface area contributed by atoms with Gasteiger partial charge >= 0.3 is 0 Å². The lowest BCUT2D eigenvalue weighted by atomic mass is 10.2.